The van der Waals surface area contributed by atoms with Crippen LogP contribution < -0.4 is 5.32 Å². The highest BCUT2D eigenvalue weighted by Crippen LogP contribution is 2.32. The second-order valence-electron chi connectivity index (χ2n) is 3.86. The van der Waals surface area contributed by atoms with Crippen molar-refractivity contribution >= 4 is 0 Å². The van der Waals surface area contributed by atoms with Crippen molar-refractivity contribution in [3.8, 4) is 0 Å². The van der Waals surface area contributed by atoms with Crippen LogP contribution in [0.15, 0.2) is 30.4 Å². The second-order valence-corrected chi connectivity index (χ2v) is 3.86. The molecule has 0 amide bonds. The zero-order chi connectivity index (χ0) is 13.1. The lowest BCUT2D eigenvalue weighted by atomic mass is 10.1. The minimum absolute atomic E-state index is 0.0279. The molecule has 94 valence electrons. The molecule has 0 aromatic heterocycles. The summed E-state index contributed by atoms with van der Waals surface area (Å²) >= 11 is 0. The molecule has 0 radical (unpaired) electrons. The average molecular weight is 247 g/mol. The van der Waals surface area contributed by atoms with Gasteiger partial charge in [-0.25, -0.2) is 4.39 Å². The summed E-state index contributed by atoms with van der Waals surface area (Å²) in [5.41, 5.74) is -0.0902. The number of nitrogens with one attached hydrogen (secondary N) is 1. The summed E-state index contributed by atoms with van der Waals surface area (Å²) < 4.78 is 50.6. The fourth-order valence-electron chi connectivity index (χ4n) is 1.38. The van der Waals surface area contributed by atoms with Crippen LogP contribution in [0.5, 0.6) is 0 Å². The van der Waals surface area contributed by atoms with Crippen LogP contribution in [-0.4, -0.2) is 6.54 Å². The van der Waals surface area contributed by atoms with Crippen LogP contribution in [0.1, 0.15) is 18.1 Å². The molecular formula is C12H13F4N. The smallest absolute Gasteiger partial charge is 0.309 e. The third-order valence-corrected chi connectivity index (χ3v) is 2.12. The van der Waals surface area contributed by atoms with Crippen LogP contribution >= 0.6 is 0 Å². The minimum atomic E-state index is -4.54. The first kappa shape index (κ1) is 13.7. The lowest BCUT2D eigenvalue weighted by Gasteiger charge is -2.13. The molecule has 0 aliphatic carbocycles. The molecule has 0 bridgehead atoms. The Morgan fingerprint density at radius 2 is 2.00 bits per heavy atom. The maximum Gasteiger partial charge on any atom is 0.416 e. The normalized spacial score (nSPS) is 11.6. The van der Waals surface area contributed by atoms with Gasteiger partial charge in [0.1, 0.15) is 5.82 Å². The van der Waals surface area contributed by atoms with Crippen molar-refractivity contribution in [2.45, 2.75) is 19.6 Å². The van der Waals surface area contributed by atoms with Gasteiger partial charge in [-0.1, -0.05) is 18.2 Å². The summed E-state index contributed by atoms with van der Waals surface area (Å²) in [6.07, 6.45) is -4.54. The first-order valence-electron chi connectivity index (χ1n) is 5.01. The number of hydrogen-bond donors (Lipinski definition) is 1. The second kappa shape index (κ2) is 5.31. The van der Waals surface area contributed by atoms with Gasteiger partial charge in [-0.2, -0.15) is 13.2 Å². The van der Waals surface area contributed by atoms with Gasteiger partial charge in [-0.05, 0) is 24.6 Å². The Morgan fingerprint density at radius 1 is 1.35 bits per heavy atom. The van der Waals surface area contributed by atoms with Crippen molar-refractivity contribution in [3.05, 3.63) is 47.3 Å². The van der Waals surface area contributed by atoms with Crippen LogP contribution in [0.4, 0.5) is 17.6 Å². The summed E-state index contributed by atoms with van der Waals surface area (Å²) in [5, 5.41) is 2.81. The Balaban J connectivity index is 2.87. The highest BCUT2D eigenvalue weighted by atomic mass is 19.4. The molecule has 0 heterocycles. The van der Waals surface area contributed by atoms with E-state index < -0.39 is 17.6 Å². The summed E-state index contributed by atoms with van der Waals surface area (Å²) in [5.74, 6) is -0.888. The van der Waals surface area contributed by atoms with E-state index in [0.29, 0.717) is 12.6 Å². The summed E-state index contributed by atoms with van der Waals surface area (Å²) in [7, 11) is 0. The fourth-order valence-corrected chi connectivity index (χ4v) is 1.38. The quantitative estimate of drug-likeness (QED) is 0.634. The Hall–Kier alpha value is -1.36. The van der Waals surface area contributed by atoms with Gasteiger partial charge < -0.3 is 5.32 Å². The van der Waals surface area contributed by atoms with Gasteiger partial charge in [0, 0.05) is 13.1 Å². The molecule has 0 aliphatic heterocycles. The van der Waals surface area contributed by atoms with E-state index in [4.69, 9.17) is 0 Å². The van der Waals surface area contributed by atoms with E-state index in [1.807, 2.05) is 0 Å². The van der Waals surface area contributed by atoms with Crippen molar-refractivity contribution < 1.29 is 17.6 Å². The van der Waals surface area contributed by atoms with Gasteiger partial charge in [-0.3, -0.25) is 0 Å². The van der Waals surface area contributed by atoms with E-state index in [2.05, 4.69) is 11.9 Å². The van der Waals surface area contributed by atoms with Crippen molar-refractivity contribution in [3.63, 3.8) is 0 Å². The van der Waals surface area contributed by atoms with Crippen molar-refractivity contribution in [1.29, 1.82) is 0 Å². The Kier molecular flexibility index (Phi) is 4.28. The van der Waals surface area contributed by atoms with Crippen molar-refractivity contribution in [1.82, 2.24) is 5.32 Å². The fraction of sp³-hybridized carbons (Fsp3) is 0.333. The van der Waals surface area contributed by atoms with Crippen LogP contribution in [0.2, 0.25) is 0 Å². The van der Waals surface area contributed by atoms with E-state index in [1.54, 1.807) is 6.92 Å². The third-order valence-electron chi connectivity index (χ3n) is 2.12. The lowest BCUT2D eigenvalue weighted by molar-refractivity contribution is -0.138. The molecule has 1 nitrogen and oxygen atoms in total. The monoisotopic (exact) mass is 247 g/mol. The van der Waals surface area contributed by atoms with Gasteiger partial charge in [0.15, 0.2) is 0 Å². The molecule has 0 saturated carbocycles. The summed E-state index contributed by atoms with van der Waals surface area (Å²) in [6, 6.07) is 2.67. The molecule has 0 fully saturated rings. The number of alkyl halides is 3. The molecule has 1 N–H and O–H groups in total. The highest BCUT2D eigenvalue weighted by molar-refractivity contribution is 5.30. The molecule has 0 spiro atoms. The summed E-state index contributed by atoms with van der Waals surface area (Å²) in [4.78, 5) is 0. The third kappa shape index (κ3) is 4.19. The molecule has 0 saturated heterocycles. The Labute approximate surface area is 97.1 Å². The lowest BCUT2D eigenvalue weighted by Crippen LogP contribution is -2.19. The van der Waals surface area contributed by atoms with Crippen molar-refractivity contribution in [2.75, 3.05) is 6.54 Å². The number of halogens is 4. The molecule has 17 heavy (non-hydrogen) atoms. The topological polar surface area (TPSA) is 12.0 Å². The Bertz CT molecular complexity index is 409. The van der Waals surface area contributed by atoms with Gasteiger partial charge in [0.05, 0.1) is 5.56 Å². The minimum Gasteiger partial charge on any atom is -0.309 e. The van der Waals surface area contributed by atoms with Crippen LogP contribution in [0, 0.1) is 5.82 Å². The van der Waals surface area contributed by atoms with E-state index >= 15 is 0 Å². The molecule has 1 aromatic carbocycles. The predicted octanol–water partition coefficient (Wildman–Crippen LogP) is 3.51. The molecule has 5 heteroatoms. The molecule has 0 atom stereocenters. The van der Waals surface area contributed by atoms with Crippen molar-refractivity contribution in [2.24, 2.45) is 0 Å². The predicted molar refractivity (Wildman–Crippen MR) is 57.9 cm³/mol. The van der Waals surface area contributed by atoms with Crippen LogP contribution in [0.3, 0.4) is 0 Å². The van der Waals surface area contributed by atoms with Gasteiger partial charge in [0.25, 0.3) is 0 Å². The Morgan fingerprint density at radius 3 is 2.53 bits per heavy atom. The molecular weight excluding hydrogens is 234 g/mol. The van der Waals surface area contributed by atoms with Gasteiger partial charge in [0.2, 0.25) is 0 Å². The van der Waals surface area contributed by atoms with E-state index in [1.165, 1.54) is 0 Å². The standard InChI is InChI=1S/C12H13F4N/c1-8(2)6-17-7-9-3-4-10(13)5-11(9)12(14,15)16/h3-5,17H,1,6-7H2,2H3. The van der Waals surface area contributed by atoms with Gasteiger partial charge >= 0.3 is 6.18 Å². The van der Waals surface area contributed by atoms with Gasteiger partial charge in [-0.15, -0.1) is 0 Å². The number of hydrogen-bond acceptors (Lipinski definition) is 1. The molecule has 1 rings (SSSR count). The van der Waals surface area contributed by atoms with Crippen LogP contribution in [-0.2, 0) is 12.7 Å². The average Bonchev–Trinajstić information content (AvgIpc) is 2.18. The van der Waals surface area contributed by atoms with E-state index in [9.17, 15) is 17.6 Å². The maximum atomic E-state index is 12.8. The number of rotatable bonds is 4. The SMILES string of the molecule is C=C(C)CNCc1ccc(F)cc1C(F)(F)F. The van der Waals surface area contributed by atoms with Crippen LogP contribution in [0.25, 0.3) is 0 Å². The van der Waals surface area contributed by atoms with E-state index in [-0.39, 0.29) is 12.1 Å². The number of benzene rings is 1. The largest absolute Gasteiger partial charge is 0.416 e. The molecule has 0 unspecified atom stereocenters. The highest BCUT2D eigenvalue weighted by Gasteiger charge is 2.33. The molecule has 1 aromatic rings. The molecule has 0 aliphatic rings. The first-order valence-corrected chi connectivity index (χ1v) is 5.01. The summed E-state index contributed by atoms with van der Waals surface area (Å²) in [6.45, 7) is 5.85. The zero-order valence-corrected chi connectivity index (χ0v) is 9.37. The van der Waals surface area contributed by atoms with E-state index in [0.717, 1.165) is 17.7 Å². The zero-order valence-electron chi connectivity index (χ0n) is 9.37. The first-order chi connectivity index (χ1) is 7.80. The maximum absolute atomic E-state index is 12.8.